The van der Waals surface area contributed by atoms with E-state index >= 15 is 0 Å². The lowest BCUT2D eigenvalue weighted by Crippen LogP contribution is -2.40. The molecule has 0 heterocycles. The minimum atomic E-state index is -2.64. The maximum Gasteiger partial charge on any atom is 0.172 e. The molecule has 0 saturated carbocycles. The number of hydrogen-bond donors (Lipinski definition) is 1. The molecule has 1 N–H and O–H groups in total. The Kier molecular flexibility index (Phi) is 11.9. The van der Waals surface area contributed by atoms with Crippen LogP contribution in [0.3, 0.4) is 0 Å². The fourth-order valence-electron chi connectivity index (χ4n) is 4.94. The minimum Gasteiger partial charge on any atom is -0.258 e. The van der Waals surface area contributed by atoms with Crippen LogP contribution >= 0.6 is 22.4 Å². The highest BCUT2D eigenvalue weighted by Crippen LogP contribution is 2.70. The summed E-state index contributed by atoms with van der Waals surface area (Å²) in [6, 6.07) is 0. The van der Waals surface area contributed by atoms with Crippen LogP contribution in [-0.2, 0) is 0 Å². The standard InChI is InChI=1S/C21H56N9P3/c1-20(2,3)19-21(4,5)22-31(18,23-32(25(6)7,26(8)9)27(10)11)24-33(28(12)13,29(14)15)30(16)17/h22H,18-19H2,1-17H3. The molecule has 12 heteroatoms. The molecule has 0 radical (unpaired) electrons. The summed E-state index contributed by atoms with van der Waals surface area (Å²) in [6.07, 6.45) is 5.79. The first-order valence-corrected chi connectivity index (χ1v) is 16.4. The summed E-state index contributed by atoms with van der Waals surface area (Å²) < 4.78 is 24.7. The predicted octanol–water partition coefficient (Wildman–Crippen LogP) is 5.25. The van der Waals surface area contributed by atoms with Crippen LogP contribution in [0.5, 0.6) is 0 Å². The molecule has 0 aromatic carbocycles. The first-order chi connectivity index (χ1) is 14.5. The van der Waals surface area contributed by atoms with Crippen molar-refractivity contribution in [2.45, 2.75) is 46.6 Å². The van der Waals surface area contributed by atoms with Gasteiger partial charge >= 0.3 is 0 Å². The molecule has 0 amide bonds. The first kappa shape index (κ1) is 33.5. The van der Waals surface area contributed by atoms with Crippen molar-refractivity contribution in [3.63, 3.8) is 0 Å². The van der Waals surface area contributed by atoms with Crippen LogP contribution in [0.25, 0.3) is 0 Å². The molecular formula is C21H56N9P3. The summed E-state index contributed by atoms with van der Waals surface area (Å²) >= 11 is 0. The van der Waals surface area contributed by atoms with E-state index in [0.717, 1.165) is 6.42 Å². The second-order valence-corrected chi connectivity index (χ2v) is 21.9. The van der Waals surface area contributed by atoms with E-state index in [4.69, 9.17) is 15.3 Å². The van der Waals surface area contributed by atoms with Gasteiger partial charge in [-0.2, -0.15) is 0 Å². The van der Waals surface area contributed by atoms with E-state index in [0.29, 0.717) is 0 Å². The Labute approximate surface area is 207 Å². The molecule has 0 aliphatic carbocycles. The van der Waals surface area contributed by atoms with Crippen LogP contribution in [0.15, 0.2) is 9.03 Å². The number of nitrogens with zero attached hydrogens (tertiary/aromatic N) is 8. The zero-order valence-electron chi connectivity index (χ0n) is 24.8. The van der Waals surface area contributed by atoms with Crippen LogP contribution in [0.1, 0.15) is 41.0 Å². The van der Waals surface area contributed by atoms with Crippen LogP contribution in [0.4, 0.5) is 0 Å². The molecule has 0 unspecified atom stereocenters. The molecule has 0 aromatic rings. The second-order valence-electron chi connectivity index (χ2n) is 11.8. The van der Waals surface area contributed by atoms with Gasteiger partial charge in [0.25, 0.3) is 0 Å². The topological polar surface area (TPSA) is 56.2 Å². The Morgan fingerprint density at radius 3 is 1.00 bits per heavy atom. The average Bonchev–Trinajstić information content (AvgIpc) is 2.52. The molecule has 0 fully saturated rings. The zero-order valence-corrected chi connectivity index (χ0v) is 27.5. The lowest BCUT2D eigenvalue weighted by atomic mass is 9.82. The number of rotatable bonds is 11. The third-order valence-electron chi connectivity index (χ3n) is 5.21. The Morgan fingerprint density at radius 1 is 0.576 bits per heavy atom. The molecule has 0 saturated heterocycles. The van der Waals surface area contributed by atoms with E-state index in [2.05, 4.69) is 152 Å². The molecule has 0 aliphatic heterocycles. The third kappa shape index (κ3) is 8.25. The van der Waals surface area contributed by atoms with E-state index in [1.807, 2.05) is 0 Å². The predicted molar refractivity (Wildman–Crippen MR) is 156 cm³/mol. The molecule has 0 bridgehead atoms. The van der Waals surface area contributed by atoms with E-state index < -0.39 is 22.4 Å². The summed E-state index contributed by atoms with van der Waals surface area (Å²) in [7, 11) is 18.2. The normalized spacial score (nSPS) is 15.0. The average molecular weight is 528 g/mol. The van der Waals surface area contributed by atoms with E-state index in [1.165, 1.54) is 0 Å². The monoisotopic (exact) mass is 527 g/mol. The summed E-state index contributed by atoms with van der Waals surface area (Å²) in [5.41, 5.74) is -0.0307. The largest absolute Gasteiger partial charge is 0.258 e. The van der Waals surface area contributed by atoms with Gasteiger partial charge in [-0.3, -0.25) is 33.1 Å². The van der Waals surface area contributed by atoms with Crippen molar-refractivity contribution in [2.24, 2.45) is 14.4 Å². The van der Waals surface area contributed by atoms with Gasteiger partial charge in [0.1, 0.15) is 0 Å². The van der Waals surface area contributed by atoms with Gasteiger partial charge in [-0.05, 0) is 117 Å². The smallest absolute Gasteiger partial charge is 0.172 e. The van der Waals surface area contributed by atoms with E-state index in [1.54, 1.807) is 0 Å². The molecular weight excluding hydrogens is 471 g/mol. The highest BCUT2D eigenvalue weighted by atomic mass is 31.2. The van der Waals surface area contributed by atoms with Crippen molar-refractivity contribution >= 4 is 28.7 Å². The zero-order chi connectivity index (χ0) is 26.8. The summed E-state index contributed by atoms with van der Waals surface area (Å²) in [4.78, 5) is 0. The molecule has 0 atom stereocenters. The highest BCUT2D eigenvalue weighted by molar-refractivity contribution is 7.80. The van der Waals surface area contributed by atoms with Crippen LogP contribution in [0.2, 0.25) is 0 Å². The molecule has 0 aliphatic rings. The summed E-state index contributed by atoms with van der Waals surface area (Å²) in [5, 5.41) is 3.93. The van der Waals surface area contributed by atoms with E-state index in [9.17, 15) is 0 Å². The van der Waals surface area contributed by atoms with Crippen molar-refractivity contribution in [3.8, 4) is 0 Å². The van der Waals surface area contributed by atoms with Crippen LogP contribution in [0, 0.1) is 5.41 Å². The van der Waals surface area contributed by atoms with Crippen molar-refractivity contribution in [2.75, 3.05) is 84.6 Å². The molecule has 0 aromatic heterocycles. The lowest BCUT2D eigenvalue weighted by Gasteiger charge is -2.46. The van der Waals surface area contributed by atoms with Crippen molar-refractivity contribution < 1.29 is 0 Å². The van der Waals surface area contributed by atoms with Gasteiger partial charge < -0.3 is 0 Å². The Morgan fingerprint density at radius 2 is 0.818 bits per heavy atom. The minimum absolute atomic E-state index is 0.162. The van der Waals surface area contributed by atoms with Gasteiger partial charge in [0.15, 0.2) is 22.4 Å². The second kappa shape index (κ2) is 11.7. The maximum absolute atomic E-state index is 5.64. The molecule has 0 spiro atoms. The number of nitrogens with one attached hydrogen (secondary N) is 1. The van der Waals surface area contributed by atoms with Crippen molar-refractivity contribution in [3.05, 3.63) is 0 Å². The maximum atomic E-state index is 5.64. The molecule has 0 rings (SSSR count). The van der Waals surface area contributed by atoms with Gasteiger partial charge in [-0.15, -0.1) is 0 Å². The van der Waals surface area contributed by atoms with Gasteiger partial charge in [0.05, 0.1) is 0 Å². The van der Waals surface area contributed by atoms with E-state index in [-0.39, 0.29) is 11.0 Å². The number of hydrogen-bond acceptors (Lipinski definition) is 3. The van der Waals surface area contributed by atoms with Crippen LogP contribution < -0.4 is 5.09 Å². The van der Waals surface area contributed by atoms with Crippen molar-refractivity contribution in [1.29, 1.82) is 0 Å². The highest BCUT2D eigenvalue weighted by Gasteiger charge is 2.38. The van der Waals surface area contributed by atoms with Gasteiger partial charge in [0.2, 0.25) is 0 Å². The summed E-state index contributed by atoms with van der Waals surface area (Å²) in [6.45, 7) is 11.3. The van der Waals surface area contributed by atoms with Gasteiger partial charge in [-0.25, -0.2) is 9.03 Å². The van der Waals surface area contributed by atoms with Gasteiger partial charge in [0, 0.05) is 5.54 Å². The summed E-state index contributed by atoms with van der Waals surface area (Å²) in [5.74, 6) is 0. The lowest BCUT2D eigenvalue weighted by molar-refractivity contribution is 0.271. The van der Waals surface area contributed by atoms with Gasteiger partial charge in [-0.1, -0.05) is 20.8 Å². The van der Waals surface area contributed by atoms with Crippen LogP contribution in [-0.4, -0.2) is 124 Å². The fraction of sp³-hybridized carbons (Fsp3) is 0.952. The Balaban J connectivity index is 7.62. The third-order valence-corrected chi connectivity index (χ3v) is 16.9. The first-order valence-electron chi connectivity index (χ1n) is 11.4. The molecule has 200 valence electrons. The Hall–Kier alpha value is 0.480. The molecule has 9 nitrogen and oxygen atoms in total. The quantitative estimate of drug-likeness (QED) is 0.369. The molecule has 33 heavy (non-hydrogen) atoms. The SMILES string of the molecule is C=P(N=P(N(C)C)(N(C)C)N(C)C)(N=P(N(C)C)(N(C)C)N(C)C)NC(C)(C)CC(C)(C)C. The van der Waals surface area contributed by atoms with Crippen molar-refractivity contribution in [1.82, 2.24) is 33.1 Å². The fourth-order valence-corrected chi connectivity index (χ4v) is 18.1. The Bertz CT molecular complexity index is 686.